The summed E-state index contributed by atoms with van der Waals surface area (Å²) in [6.07, 6.45) is 5.08. The van der Waals surface area contributed by atoms with Crippen molar-refractivity contribution in [1.29, 1.82) is 5.26 Å². The number of fused-ring (bicyclic) bond motifs is 1. The summed E-state index contributed by atoms with van der Waals surface area (Å²) in [5, 5.41) is 13.4. The van der Waals surface area contributed by atoms with Crippen molar-refractivity contribution in [3.63, 3.8) is 0 Å². The Morgan fingerprint density at radius 2 is 1.97 bits per heavy atom. The normalized spacial score (nSPS) is 17.4. The Balaban J connectivity index is 1.59. The number of nitrogens with zero attached hydrogens (tertiary/aromatic N) is 7. The minimum Gasteiger partial charge on any atom is -0.480 e. The number of nitriles is 1. The van der Waals surface area contributed by atoms with E-state index in [1.54, 1.807) is 12.3 Å². The van der Waals surface area contributed by atoms with Gasteiger partial charge in [0.05, 0.1) is 37.2 Å². The van der Waals surface area contributed by atoms with E-state index in [1.807, 2.05) is 12.1 Å². The van der Waals surface area contributed by atoms with E-state index in [-0.39, 0.29) is 23.7 Å². The number of pyridine rings is 1. The van der Waals surface area contributed by atoms with Gasteiger partial charge in [0.15, 0.2) is 5.65 Å². The van der Waals surface area contributed by atoms with Gasteiger partial charge in [0.25, 0.3) is 0 Å². The van der Waals surface area contributed by atoms with E-state index in [1.165, 1.54) is 24.9 Å². The number of hydrogen-bond acceptors (Lipinski definition) is 8. The monoisotopic (exact) mass is 417 g/mol. The molecule has 1 aliphatic rings. The summed E-state index contributed by atoms with van der Waals surface area (Å²) < 4.78 is 26.0. The predicted octanol–water partition coefficient (Wildman–Crippen LogP) is 2.88. The van der Waals surface area contributed by atoms with Crippen LogP contribution in [-0.4, -0.2) is 43.8 Å². The number of rotatable bonds is 5. The maximum atomic E-state index is 14.4. The molecule has 31 heavy (non-hydrogen) atoms. The summed E-state index contributed by atoms with van der Waals surface area (Å²) in [5.41, 5.74) is 3.67. The molecule has 1 fully saturated rings. The Labute approximate surface area is 176 Å². The van der Waals surface area contributed by atoms with Gasteiger partial charge in [-0.15, -0.1) is 0 Å². The largest absolute Gasteiger partial charge is 0.480 e. The van der Waals surface area contributed by atoms with Crippen LogP contribution in [0.1, 0.15) is 35.1 Å². The van der Waals surface area contributed by atoms with Gasteiger partial charge < -0.3 is 9.47 Å². The molecule has 0 aromatic carbocycles. The number of methoxy groups -OCH3 is 2. The minimum absolute atomic E-state index is 0.0941. The zero-order chi connectivity index (χ0) is 21.5. The summed E-state index contributed by atoms with van der Waals surface area (Å²) in [5.74, 6) is -0.0521. The van der Waals surface area contributed by atoms with Gasteiger partial charge >= 0.3 is 6.01 Å². The van der Waals surface area contributed by atoms with E-state index in [0.717, 1.165) is 23.9 Å². The smallest absolute Gasteiger partial charge is 0.319 e. The summed E-state index contributed by atoms with van der Waals surface area (Å²) in [7, 11) is 2.94. The number of halogens is 1. The van der Waals surface area contributed by atoms with Gasteiger partial charge in [0, 0.05) is 29.6 Å². The van der Waals surface area contributed by atoms with E-state index < -0.39 is 5.95 Å². The highest BCUT2D eigenvalue weighted by atomic mass is 19.1. The van der Waals surface area contributed by atoms with Crippen molar-refractivity contribution in [3.8, 4) is 29.2 Å². The van der Waals surface area contributed by atoms with Gasteiger partial charge in [-0.2, -0.15) is 24.3 Å². The maximum Gasteiger partial charge on any atom is 0.319 e. The fraction of sp³-hybridized carbons (Fsp3) is 0.238. The van der Waals surface area contributed by atoms with Gasteiger partial charge in [-0.1, -0.05) is 0 Å². The molecule has 0 radical (unpaired) electrons. The molecule has 2 atom stereocenters. The van der Waals surface area contributed by atoms with Crippen LogP contribution < -0.4 is 9.47 Å². The Kier molecular flexibility index (Phi) is 4.43. The lowest BCUT2D eigenvalue weighted by atomic mass is 10.1. The second kappa shape index (κ2) is 7.28. The first-order valence-corrected chi connectivity index (χ1v) is 9.48. The van der Waals surface area contributed by atoms with Crippen molar-refractivity contribution in [3.05, 3.63) is 59.6 Å². The van der Waals surface area contributed by atoms with Crippen LogP contribution in [0.5, 0.6) is 11.9 Å². The van der Waals surface area contributed by atoms with Crippen molar-refractivity contribution in [2.45, 2.75) is 18.3 Å². The summed E-state index contributed by atoms with van der Waals surface area (Å²) in [4.78, 5) is 17.0. The summed E-state index contributed by atoms with van der Waals surface area (Å²) in [6, 6.07) is 7.70. The Morgan fingerprint density at radius 3 is 2.68 bits per heavy atom. The fourth-order valence-electron chi connectivity index (χ4n) is 3.71. The Bertz CT molecular complexity index is 1330. The van der Waals surface area contributed by atoms with Gasteiger partial charge in [0.1, 0.15) is 6.07 Å². The van der Waals surface area contributed by atoms with E-state index in [0.29, 0.717) is 22.5 Å². The molecule has 0 aliphatic heterocycles. The molecule has 0 spiro atoms. The van der Waals surface area contributed by atoms with Crippen molar-refractivity contribution < 1.29 is 13.9 Å². The van der Waals surface area contributed by atoms with Gasteiger partial charge in [-0.3, -0.25) is 4.98 Å². The quantitative estimate of drug-likeness (QED) is 0.487. The first-order chi connectivity index (χ1) is 15.1. The zero-order valence-electron chi connectivity index (χ0n) is 16.7. The second-order valence-electron chi connectivity index (χ2n) is 7.11. The third-order valence-electron chi connectivity index (χ3n) is 5.32. The molecular formula is C21H16FN7O2. The van der Waals surface area contributed by atoms with Crippen LogP contribution >= 0.6 is 0 Å². The molecule has 9 nitrogen and oxygen atoms in total. The van der Waals surface area contributed by atoms with E-state index in [4.69, 9.17) is 14.7 Å². The third kappa shape index (κ3) is 3.20. The van der Waals surface area contributed by atoms with Crippen LogP contribution in [0, 0.1) is 17.3 Å². The maximum absolute atomic E-state index is 14.4. The highest BCUT2D eigenvalue weighted by Gasteiger charge is 2.42. The van der Waals surface area contributed by atoms with Gasteiger partial charge in [0.2, 0.25) is 11.8 Å². The lowest BCUT2D eigenvalue weighted by molar-refractivity contribution is 0.353. The lowest BCUT2D eigenvalue weighted by Crippen LogP contribution is -2.04. The second-order valence-corrected chi connectivity index (χ2v) is 7.11. The molecular weight excluding hydrogens is 401 g/mol. The molecule has 1 unspecified atom stereocenters. The zero-order valence-corrected chi connectivity index (χ0v) is 16.7. The molecule has 154 valence electrons. The topological polar surface area (TPSA) is 111 Å². The van der Waals surface area contributed by atoms with Crippen molar-refractivity contribution in [1.82, 2.24) is 29.5 Å². The molecule has 0 bridgehead atoms. The summed E-state index contributed by atoms with van der Waals surface area (Å²) >= 11 is 0. The molecule has 5 rings (SSSR count). The van der Waals surface area contributed by atoms with Crippen LogP contribution in [-0.2, 0) is 0 Å². The average molecular weight is 417 g/mol. The SMILES string of the molecule is COc1ncc(-c2cc([C@H]3CC3c3ccc(C#N)cn3)c3ncc(F)n3n2)c(OC)n1. The molecule has 1 aliphatic carbocycles. The summed E-state index contributed by atoms with van der Waals surface area (Å²) in [6.45, 7) is 0. The first kappa shape index (κ1) is 18.9. The minimum atomic E-state index is -0.569. The van der Waals surface area contributed by atoms with E-state index in [2.05, 4.69) is 31.1 Å². The van der Waals surface area contributed by atoms with E-state index >= 15 is 0 Å². The predicted molar refractivity (Wildman–Crippen MR) is 106 cm³/mol. The standard InChI is InChI=1S/C21H16FN7O2/c1-30-20-15(9-26-21(27-20)31-2)17-6-14(19-25-10-18(22)29(19)28-17)12-5-13(12)16-4-3-11(7-23)8-24-16/h3-4,6,8-10,12-13H,5H2,1-2H3/t12-,13?/m0/s1. The Hall–Kier alpha value is -4.13. The van der Waals surface area contributed by atoms with Crippen molar-refractivity contribution in [2.75, 3.05) is 14.2 Å². The average Bonchev–Trinajstić information content (AvgIpc) is 3.54. The van der Waals surface area contributed by atoms with Crippen LogP contribution in [0.15, 0.2) is 36.8 Å². The van der Waals surface area contributed by atoms with Gasteiger partial charge in [-0.05, 0) is 30.5 Å². The van der Waals surface area contributed by atoms with Crippen molar-refractivity contribution >= 4 is 5.65 Å². The van der Waals surface area contributed by atoms with Crippen LogP contribution in [0.3, 0.4) is 0 Å². The van der Waals surface area contributed by atoms with Crippen LogP contribution in [0.2, 0.25) is 0 Å². The molecule has 10 heteroatoms. The van der Waals surface area contributed by atoms with Crippen LogP contribution in [0.25, 0.3) is 16.9 Å². The molecule has 4 aromatic rings. The van der Waals surface area contributed by atoms with E-state index in [9.17, 15) is 4.39 Å². The lowest BCUT2D eigenvalue weighted by Gasteiger charge is -2.10. The molecule has 0 amide bonds. The highest BCUT2D eigenvalue weighted by molar-refractivity contribution is 5.68. The van der Waals surface area contributed by atoms with Gasteiger partial charge in [-0.25, -0.2) is 9.97 Å². The number of imidazole rings is 1. The van der Waals surface area contributed by atoms with Crippen molar-refractivity contribution in [2.24, 2.45) is 0 Å². The number of aromatic nitrogens is 6. The first-order valence-electron chi connectivity index (χ1n) is 9.48. The molecule has 0 saturated heterocycles. The number of ether oxygens (including phenoxy) is 2. The fourth-order valence-corrected chi connectivity index (χ4v) is 3.71. The molecule has 4 aromatic heterocycles. The molecule has 1 saturated carbocycles. The Morgan fingerprint density at radius 1 is 1.10 bits per heavy atom. The third-order valence-corrected chi connectivity index (χ3v) is 5.32. The molecule has 4 heterocycles. The van der Waals surface area contributed by atoms with Crippen LogP contribution in [0.4, 0.5) is 4.39 Å². The highest BCUT2D eigenvalue weighted by Crippen LogP contribution is 2.55. The number of hydrogen-bond donors (Lipinski definition) is 0. The molecule has 0 N–H and O–H groups in total.